The minimum atomic E-state index is 0.476. The van der Waals surface area contributed by atoms with Crippen LogP contribution in [-0.2, 0) is 11.4 Å². The first-order valence-corrected chi connectivity index (χ1v) is 2.37. The molecule has 3 N–H and O–H groups in total. The van der Waals surface area contributed by atoms with Crippen LogP contribution in [-0.4, -0.2) is 4.98 Å². The van der Waals surface area contributed by atoms with Gasteiger partial charge in [-0.15, -0.1) is 0 Å². The van der Waals surface area contributed by atoms with Gasteiger partial charge in [0.25, 0.3) is 0 Å². The van der Waals surface area contributed by atoms with Gasteiger partial charge in [0.05, 0.1) is 6.61 Å². The number of aromatic nitrogens is 1. The first-order valence-electron chi connectivity index (χ1n) is 2.37. The highest BCUT2D eigenvalue weighted by Crippen LogP contribution is 1.95. The largest absolute Gasteiger partial charge is 0.367 e. The van der Waals surface area contributed by atoms with Gasteiger partial charge in [-0.1, -0.05) is 0 Å². The number of hydrogen-bond acceptors (Lipinski definition) is 2. The van der Waals surface area contributed by atoms with Gasteiger partial charge >= 0.3 is 0 Å². The van der Waals surface area contributed by atoms with Crippen LogP contribution in [0.25, 0.3) is 0 Å². The minimum Gasteiger partial charge on any atom is -0.367 e. The van der Waals surface area contributed by atoms with Crippen LogP contribution in [0.2, 0.25) is 0 Å². The van der Waals surface area contributed by atoms with Crippen LogP contribution in [0.4, 0.5) is 0 Å². The third kappa shape index (κ3) is 1.08. The Labute approximate surface area is 47.4 Å². The van der Waals surface area contributed by atoms with Gasteiger partial charge in [0.15, 0.2) is 0 Å². The third-order valence-electron chi connectivity index (χ3n) is 0.912. The summed E-state index contributed by atoms with van der Waals surface area (Å²) in [5.41, 5.74) is 1.06. The van der Waals surface area contributed by atoms with E-state index in [1.807, 2.05) is 18.5 Å². The van der Waals surface area contributed by atoms with Crippen LogP contribution in [0, 0.1) is 0 Å². The fourth-order valence-electron chi connectivity index (χ4n) is 0.544. The van der Waals surface area contributed by atoms with Crippen LogP contribution in [0.15, 0.2) is 18.5 Å². The van der Waals surface area contributed by atoms with Crippen molar-refractivity contribution in [2.75, 3.05) is 0 Å². The van der Waals surface area contributed by atoms with Crippen molar-refractivity contribution in [2.45, 2.75) is 6.61 Å². The summed E-state index contributed by atoms with van der Waals surface area (Å²) in [5.74, 6) is 4.81. The average molecular weight is 112 g/mol. The Morgan fingerprint density at radius 3 is 3.12 bits per heavy atom. The zero-order valence-electron chi connectivity index (χ0n) is 4.42. The van der Waals surface area contributed by atoms with Gasteiger partial charge in [-0.25, -0.2) is 5.90 Å². The highest BCUT2D eigenvalue weighted by Gasteiger charge is 1.86. The molecule has 0 radical (unpaired) electrons. The Kier molecular flexibility index (Phi) is 1.66. The molecule has 0 aromatic carbocycles. The van der Waals surface area contributed by atoms with Crippen LogP contribution >= 0.6 is 0 Å². The maximum absolute atomic E-state index is 4.81. The lowest BCUT2D eigenvalue weighted by Gasteiger charge is -1.88. The lowest BCUT2D eigenvalue weighted by Crippen LogP contribution is -1.96. The molecule has 1 heterocycles. The zero-order valence-corrected chi connectivity index (χ0v) is 4.42. The molecule has 8 heavy (non-hydrogen) atoms. The number of rotatable bonds is 2. The zero-order chi connectivity index (χ0) is 5.82. The normalized spacial score (nSPS) is 9.62. The number of nitrogens with two attached hydrogens (primary N) is 1. The maximum atomic E-state index is 4.81. The van der Waals surface area contributed by atoms with E-state index in [9.17, 15) is 0 Å². The number of nitrogens with one attached hydrogen (secondary N) is 1. The molecule has 0 aliphatic carbocycles. The quantitative estimate of drug-likeness (QED) is 0.544. The van der Waals surface area contributed by atoms with Crippen molar-refractivity contribution in [3.8, 4) is 0 Å². The first kappa shape index (κ1) is 5.34. The second-order valence-corrected chi connectivity index (χ2v) is 1.53. The molecule has 0 saturated carbocycles. The van der Waals surface area contributed by atoms with Crippen LogP contribution in [0.3, 0.4) is 0 Å². The Balaban J connectivity index is 2.50. The predicted molar refractivity (Wildman–Crippen MR) is 29.8 cm³/mol. The summed E-state index contributed by atoms with van der Waals surface area (Å²) in [5, 5.41) is 0. The molecule has 3 nitrogen and oxygen atoms in total. The van der Waals surface area contributed by atoms with Gasteiger partial charge in [-0.2, -0.15) is 0 Å². The van der Waals surface area contributed by atoms with Crippen molar-refractivity contribution in [1.29, 1.82) is 0 Å². The molecule has 0 unspecified atom stereocenters. The Hall–Kier alpha value is -0.800. The van der Waals surface area contributed by atoms with Crippen LogP contribution in [0.1, 0.15) is 5.56 Å². The Morgan fingerprint density at radius 1 is 1.75 bits per heavy atom. The summed E-state index contributed by atoms with van der Waals surface area (Å²) in [6.45, 7) is 0.476. The second-order valence-electron chi connectivity index (χ2n) is 1.53. The van der Waals surface area contributed by atoms with Crippen LogP contribution in [0.5, 0.6) is 0 Å². The summed E-state index contributed by atoms with van der Waals surface area (Å²) in [6.07, 6.45) is 3.67. The molecule has 0 fully saturated rings. The summed E-state index contributed by atoms with van der Waals surface area (Å²) < 4.78 is 0. The van der Waals surface area contributed by atoms with Gasteiger partial charge in [-0.3, -0.25) is 4.84 Å². The van der Waals surface area contributed by atoms with Crippen molar-refractivity contribution >= 4 is 0 Å². The van der Waals surface area contributed by atoms with E-state index < -0.39 is 0 Å². The van der Waals surface area contributed by atoms with Crippen molar-refractivity contribution in [2.24, 2.45) is 5.90 Å². The maximum Gasteiger partial charge on any atom is 0.0944 e. The topological polar surface area (TPSA) is 51.0 Å². The van der Waals surface area contributed by atoms with E-state index in [-0.39, 0.29) is 0 Å². The molecular weight excluding hydrogens is 104 g/mol. The molecule has 0 amide bonds. The SMILES string of the molecule is NOCc1cc[nH]c1. The van der Waals surface area contributed by atoms with Crippen molar-refractivity contribution in [1.82, 2.24) is 4.98 Å². The van der Waals surface area contributed by atoms with Crippen molar-refractivity contribution < 1.29 is 4.84 Å². The fourth-order valence-corrected chi connectivity index (χ4v) is 0.544. The standard InChI is InChI=1S/C5H8N2O/c6-8-4-5-1-2-7-3-5/h1-3,7H,4,6H2. The van der Waals surface area contributed by atoms with E-state index in [2.05, 4.69) is 9.82 Å². The Morgan fingerprint density at radius 2 is 2.62 bits per heavy atom. The van der Waals surface area contributed by atoms with Gasteiger partial charge < -0.3 is 4.98 Å². The molecular formula is C5H8N2O. The summed E-state index contributed by atoms with van der Waals surface area (Å²) in [7, 11) is 0. The fraction of sp³-hybridized carbons (Fsp3) is 0.200. The van der Waals surface area contributed by atoms with Gasteiger partial charge in [-0.05, 0) is 11.6 Å². The molecule has 0 saturated heterocycles. The molecule has 1 aromatic heterocycles. The number of aromatic amines is 1. The van der Waals surface area contributed by atoms with E-state index >= 15 is 0 Å². The minimum absolute atomic E-state index is 0.476. The van der Waals surface area contributed by atoms with Gasteiger partial charge in [0.1, 0.15) is 0 Å². The Bertz CT molecular complexity index is 136. The highest BCUT2D eigenvalue weighted by atomic mass is 16.6. The summed E-state index contributed by atoms with van der Waals surface area (Å²) in [6, 6.07) is 1.91. The van der Waals surface area contributed by atoms with E-state index in [4.69, 9.17) is 5.90 Å². The summed E-state index contributed by atoms with van der Waals surface area (Å²) >= 11 is 0. The van der Waals surface area contributed by atoms with E-state index in [0.29, 0.717) is 6.61 Å². The van der Waals surface area contributed by atoms with Crippen molar-refractivity contribution in [3.05, 3.63) is 24.0 Å². The van der Waals surface area contributed by atoms with E-state index in [1.165, 1.54) is 0 Å². The van der Waals surface area contributed by atoms with Gasteiger partial charge in [0, 0.05) is 12.4 Å². The number of H-pyrrole nitrogens is 1. The molecule has 0 aliphatic rings. The summed E-state index contributed by atoms with van der Waals surface area (Å²) in [4.78, 5) is 7.25. The molecule has 44 valence electrons. The van der Waals surface area contributed by atoms with Gasteiger partial charge in [0.2, 0.25) is 0 Å². The molecule has 1 aromatic rings. The third-order valence-corrected chi connectivity index (χ3v) is 0.912. The smallest absolute Gasteiger partial charge is 0.0944 e. The average Bonchev–Trinajstić information content (AvgIpc) is 2.19. The molecule has 0 spiro atoms. The number of hydrogen-bond donors (Lipinski definition) is 2. The second kappa shape index (κ2) is 2.49. The predicted octanol–water partition coefficient (Wildman–Crippen LogP) is 0.405. The van der Waals surface area contributed by atoms with E-state index in [1.54, 1.807) is 0 Å². The molecule has 1 rings (SSSR count). The molecule has 3 heteroatoms. The molecule has 0 aliphatic heterocycles. The lowest BCUT2D eigenvalue weighted by atomic mass is 10.4. The van der Waals surface area contributed by atoms with E-state index in [0.717, 1.165) is 5.56 Å². The van der Waals surface area contributed by atoms with Crippen LogP contribution < -0.4 is 5.90 Å². The molecule has 0 atom stereocenters. The highest BCUT2D eigenvalue weighted by molar-refractivity contribution is 5.06. The van der Waals surface area contributed by atoms with Crippen molar-refractivity contribution in [3.63, 3.8) is 0 Å². The molecule has 0 bridgehead atoms. The first-order chi connectivity index (χ1) is 3.93. The monoisotopic (exact) mass is 112 g/mol. The lowest BCUT2D eigenvalue weighted by molar-refractivity contribution is 0.124.